The topological polar surface area (TPSA) is 71.3 Å². The fourth-order valence-corrected chi connectivity index (χ4v) is 2.34. The van der Waals surface area contributed by atoms with E-state index in [1.807, 2.05) is 31.3 Å². The molecule has 0 saturated heterocycles. The van der Waals surface area contributed by atoms with Gasteiger partial charge in [-0.3, -0.25) is 9.78 Å². The minimum Gasteiger partial charge on any atom is -0.370 e. The number of nitrogens with one attached hydrogen (secondary N) is 1. The molecule has 2 aromatic heterocycles. The van der Waals surface area contributed by atoms with Gasteiger partial charge >= 0.3 is 0 Å². The third-order valence-electron chi connectivity index (χ3n) is 3.55. The van der Waals surface area contributed by atoms with Crippen LogP contribution in [-0.2, 0) is 6.54 Å². The second-order valence-corrected chi connectivity index (χ2v) is 5.52. The number of rotatable bonds is 5. The van der Waals surface area contributed by atoms with Gasteiger partial charge in [0.15, 0.2) is 5.82 Å². The van der Waals surface area contributed by atoms with E-state index in [1.54, 1.807) is 25.3 Å². The molecule has 0 aliphatic heterocycles. The van der Waals surface area contributed by atoms with Gasteiger partial charge in [0.05, 0.1) is 0 Å². The molecule has 0 radical (unpaired) electrons. The molecule has 3 rings (SSSR count). The van der Waals surface area contributed by atoms with E-state index in [2.05, 4.69) is 32.5 Å². The van der Waals surface area contributed by atoms with Crippen molar-refractivity contribution in [3.63, 3.8) is 0 Å². The molecule has 0 fully saturated rings. The summed E-state index contributed by atoms with van der Waals surface area (Å²) in [6.07, 6.45) is 1.62. The molecule has 3 aromatic rings. The SMILES string of the molecule is Cc1cc(NC(=O)c2cc(N(C)Cc3ccccc3)ccn2)no1. The highest BCUT2D eigenvalue weighted by Crippen LogP contribution is 2.17. The van der Waals surface area contributed by atoms with Crippen LogP contribution >= 0.6 is 0 Å². The Bertz CT molecular complexity index is 830. The van der Waals surface area contributed by atoms with Gasteiger partial charge < -0.3 is 14.7 Å². The van der Waals surface area contributed by atoms with Crippen LogP contribution in [0.1, 0.15) is 21.8 Å². The molecule has 0 atom stereocenters. The van der Waals surface area contributed by atoms with Gasteiger partial charge in [-0.15, -0.1) is 0 Å². The fourth-order valence-electron chi connectivity index (χ4n) is 2.34. The van der Waals surface area contributed by atoms with Crippen molar-refractivity contribution in [3.05, 3.63) is 71.7 Å². The molecule has 0 aliphatic carbocycles. The Morgan fingerprint density at radius 3 is 2.71 bits per heavy atom. The van der Waals surface area contributed by atoms with Gasteiger partial charge in [-0.05, 0) is 24.6 Å². The summed E-state index contributed by atoms with van der Waals surface area (Å²) in [5.74, 6) is 0.690. The van der Waals surface area contributed by atoms with E-state index in [9.17, 15) is 4.79 Å². The van der Waals surface area contributed by atoms with Crippen LogP contribution in [0.25, 0.3) is 0 Å². The van der Waals surface area contributed by atoms with E-state index in [1.165, 1.54) is 5.56 Å². The van der Waals surface area contributed by atoms with Crippen LogP contribution in [0.5, 0.6) is 0 Å². The number of amides is 1. The molecule has 0 unspecified atom stereocenters. The molecule has 0 aliphatic rings. The Hall–Kier alpha value is -3.15. The zero-order valence-corrected chi connectivity index (χ0v) is 13.6. The first kappa shape index (κ1) is 15.7. The van der Waals surface area contributed by atoms with Crippen LogP contribution in [0.3, 0.4) is 0 Å². The van der Waals surface area contributed by atoms with Crippen LogP contribution in [-0.4, -0.2) is 23.1 Å². The molecule has 1 aromatic carbocycles. The van der Waals surface area contributed by atoms with E-state index in [0.29, 0.717) is 17.3 Å². The summed E-state index contributed by atoms with van der Waals surface area (Å²) in [5, 5.41) is 6.42. The maximum Gasteiger partial charge on any atom is 0.275 e. The van der Waals surface area contributed by atoms with Crippen LogP contribution in [0.4, 0.5) is 11.5 Å². The van der Waals surface area contributed by atoms with Crippen molar-refractivity contribution in [1.82, 2.24) is 10.1 Å². The van der Waals surface area contributed by atoms with Gasteiger partial charge in [0.1, 0.15) is 11.5 Å². The number of nitrogens with zero attached hydrogens (tertiary/aromatic N) is 3. The zero-order chi connectivity index (χ0) is 16.9. The monoisotopic (exact) mass is 322 g/mol. The number of pyridine rings is 1. The van der Waals surface area contributed by atoms with E-state index in [4.69, 9.17) is 4.52 Å². The number of hydrogen-bond donors (Lipinski definition) is 1. The van der Waals surface area contributed by atoms with Crippen LogP contribution in [0, 0.1) is 6.92 Å². The number of aromatic nitrogens is 2. The van der Waals surface area contributed by atoms with Crippen molar-refractivity contribution in [2.45, 2.75) is 13.5 Å². The Labute approximate surface area is 140 Å². The van der Waals surface area contributed by atoms with Gasteiger partial charge in [-0.1, -0.05) is 35.5 Å². The van der Waals surface area contributed by atoms with Gasteiger partial charge in [-0.2, -0.15) is 0 Å². The molecular weight excluding hydrogens is 304 g/mol. The molecule has 2 heterocycles. The quantitative estimate of drug-likeness (QED) is 0.780. The predicted octanol–water partition coefficient (Wildman–Crippen LogP) is 3.27. The van der Waals surface area contributed by atoms with E-state index in [-0.39, 0.29) is 5.91 Å². The largest absolute Gasteiger partial charge is 0.370 e. The summed E-state index contributed by atoms with van der Waals surface area (Å²) in [6.45, 7) is 2.51. The van der Waals surface area contributed by atoms with Crippen molar-refractivity contribution >= 4 is 17.4 Å². The van der Waals surface area contributed by atoms with Gasteiger partial charge in [0, 0.05) is 31.5 Å². The highest BCUT2D eigenvalue weighted by Gasteiger charge is 2.12. The smallest absolute Gasteiger partial charge is 0.275 e. The maximum absolute atomic E-state index is 12.3. The van der Waals surface area contributed by atoms with Gasteiger partial charge in [0.25, 0.3) is 5.91 Å². The summed E-state index contributed by atoms with van der Waals surface area (Å²) in [6, 6.07) is 15.4. The first-order valence-electron chi connectivity index (χ1n) is 7.57. The van der Waals surface area contributed by atoms with E-state index < -0.39 is 0 Å². The molecule has 24 heavy (non-hydrogen) atoms. The maximum atomic E-state index is 12.3. The minimum absolute atomic E-state index is 0.321. The standard InChI is InChI=1S/C18H18N4O2/c1-13-10-17(21-24-13)20-18(23)16-11-15(8-9-19-16)22(2)12-14-6-4-3-5-7-14/h3-11H,12H2,1-2H3,(H,20,21,23). The first-order chi connectivity index (χ1) is 11.6. The third-order valence-corrected chi connectivity index (χ3v) is 3.55. The van der Waals surface area contributed by atoms with Crippen LogP contribution in [0.15, 0.2) is 59.3 Å². The molecule has 1 N–H and O–H groups in total. The average Bonchev–Trinajstić information content (AvgIpc) is 3.00. The molecule has 122 valence electrons. The second-order valence-electron chi connectivity index (χ2n) is 5.52. The molecule has 0 bridgehead atoms. The molecule has 1 amide bonds. The third kappa shape index (κ3) is 3.78. The lowest BCUT2D eigenvalue weighted by atomic mass is 10.2. The van der Waals surface area contributed by atoms with Crippen molar-refractivity contribution in [2.75, 3.05) is 17.3 Å². The number of carbonyl (C=O) groups is 1. The van der Waals surface area contributed by atoms with Gasteiger partial charge in [0.2, 0.25) is 0 Å². The molecular formula is C18H18N4O2. The lowest BCUT2D eigenvalue weighted by Crippen LogP contribution is -2.18. The fraction of sp³-hybridized carbons (Fsp3) is 0.167. The summed E-state index contributed by atoms with van der Waals surface area (Å²) in [5.41, 5.74) is 2.43. The molecule has 0 spiro atoms. The Kier molecular flexibility index (Phi) is 4.56. The first-order valence-corrected chi connectivity index (χ1v) is 7.57. The summed E-state index contributed by atoms with van der Waals surface area (Å²) in [4.78, 5) is 18.5. The van der Waals surface area contributed by atoms with E-state index >= 15 is 0 Å². The average molecular weight is 322 g/mol. The Morgan fingerprint density at radius 2 is 2.00 bits per heavy atom. The molecule has 6 nitrogen and oxygen atoms in total. The number of benzene rings is 1. The number of hydrogen-bond acceptors (Lipinski definition) is 5. The van der Waals surface area contributed by atoms with E-state index in [0.717, 1.165) is 12.2 Å². The molecule has 0 saturated carbocycles. The van der Waals surface area contributed by atoms with Crippen molar-refractivity contribution < 1.29 is 9.32 Å². The normalized spacial score (nSPS) is 10.4. The molecule has 6 heteroatoms. The van der Waals surface area contributed by atoms with Crippen LogP contribution < -0.4 is 10.2 Å². The number of anilines is 2. The Morgan fingerprint density at radius 1 is 1.21 bits per heavy atom. The summed E-state index contributed by atoms with van der Waals surface area (Å²) >= 11 is 0. The second kappa shape index (κ2) is 6.95. The highest BCUT2D eigenvalue weighted by molar-refractivity contribution is 6.02. The minimum atomic E-state index is -0.321. The van der Waals surface area contributed by atoms with Crippen molar-refractivity contribution in [2.24, 2.45) is 0 Å². The number of aryl methyl sites for hydroxylation is 1. The lowest BCUT2D eigenvalue weighted by molar-refractivity contribution is 0.102. The van der Waals surface area contributed by atoms with Gasteiger partial charge in [-0.25, -0.2) is 0 Å². The highest BCUT2D eigenvalue weighted by atomic mass is 16.5. The van der Waals surface area contributed by atoms with Crippen LogP contribution in [0.2, 0.25) is 0 Å². The Balaban J connectivity index is 1.72. The summed E-state index contributed by atoms with van der Waals surface area (Å²) < 4.78 is 4.94. The van der Waals surface area contributed by atoms with Crippen molar-refractivity contribution in [3.8, 4) is 0 Å². The predicted molar refractivity (Wildman–Crippen MR) is 92.0 cm³/mol. The zero-order valence-electron chi connectivity index (χ0n) is 13.6. The van der Waals surface area contributed by atoms with Crippen molar-refractivity contribution in [1.29, 1.82) is 0 Å². The lowest BCUT2D eigenvalue weighted by Gasteiger charge is -2.19. The number of carbonyl (C=O) groups excluding carboxylic acids is 1. The summed E-state index contributed by atoms with van der Waals surface area (Å²) in [7, 11) is 1.98.